The smallest absolute Gasteiger partial charge is 0.462 e. The number of unbranched alkanes of at least 4 members (excludes halogenated alkanes) is 21. The number of carbonyl (C=O) groups excluding carboxylic acids is 4. The summed E-state index contributed by atoms with van der Waals surface area (Å²) >= 11 is 0. The Morgan fingerprint density at radius 2 is 0.531 bits per heavy atom. The van der Waals surface area contributed by atoms with Gasteiger partial charge in [-0.05, 0) is 148 Å². The highest BCUT2D eigenvalue weighted by Crippen LogP contribution is 2.45. The molecular weight excluding hydrogens is 1280 g/mol. The van der Waals surface area contributed by atoms with E-state index in [9.17, 15) is 43.2 Å². The van der Waals surface area contributed by atoms with Crippen LogP contribution in [0.5, 0.6) is 0 Å². The molecule has 0 aliphatic heterocycles. The van der Waals surface area contributed by atoms with Crippen molar-refractivity contribution in [3.63, 3.8) is 0 Å². The summed E-state index contributed by atoms with van der Waals surface area (Å²) in [6, 6.07) is 0. The first-order valence-electron chi connectivity index (χ1n) is 37.4. The van der Waals surface area contributed by atoms with Gasteiger partial charge in [-0.15, -0.1) is 0 Å². The van der Waals surface area contributed by atoms with Crippen molar-refractivity contribution in [3.8, 4) is 0 Å². The number of carbonyl (C=O) groups is 4. The van der Waals surface area contributed by atoms with Crippen LogP contribution >= 0.6 is 15.6 Å². The Morgan fingerprint density at radius 3 is 0.837 bits per heavy atom. The number of allylic oxidation sites excluding steroid dienone is 22. The molecule has 0 aliphatic carbocycles. The van der Waals surface area contributed by atoms with E-state index in [4.69, 9.17) is 37.0 Å². The monoisotopic (exact) mass is 1410 g/mol. The van der Waals surface area contributed by atoms with Crippen molar-refractivity contribution in [2.45, 2.75) is 303 Å². The molecule has 0 rings (SSSR count). The van der Waals surface area contributed by atoms with E-state index in [2.05, 4.69) is 161 Å². The largest absolute Gasteiger partial charge is 0.472 e. The highest BCUT2D eigenvalue weighted by Gasteiger charge is 2.30. The minimum atomic E-state index is -4.99. The molecule has 5 unspecified atom stereocenters. The third kappa shape index (κ3) is 69.7. The Hall–Kier alpha value is -4.80. The van der Waals surface area contributed by atoms with Crippen LogP contribution in [0.4, 0.5) is 0 Å². The molecule has 5 atom stereocenters. The number of hydrogen-bond acceptors (Lipinski definition) is 15. The normalized spacial score (nSPS) is 14.7. The van der Waals surface area contributed by atoms with Crippen molar-refractivity contribution < 1.29 is 80.2 Å². The van der Waals surface area contributed by atoms with Crippen LogP contribution in [-0.4, -0.2) is 96.7 Å². The van der Waals surface area contributed by atoms with Crippen molar-refractivity contribution >= 4 is 39.5 Å². The highest BCUT2D eigenvalue weighted by atomic mass is 31.2. The standard InChI is InChI=1S/C79H132O17P2/c1-5-9-13-17-21-25-29-33-35-36-38-42-44-48-52-56-60-64-77(82)90-70-75(96-79(84)66-62-58-54-50-46-40-32-28-24-20-16-12-8-4)72-94-98(87,88)92-68-73(80)67-91-97(85,86)93-71-74(95-78(83)65-61-57-53-49-45-39-31-27-23-19-15-11-7-3)69-89-76(81)63-59-55-51-47-43-41-37-34-30-26-22-18-14-10-6-2/h9-10,13-16,19-22,25-28,31-35,37,43,47,73-75,80H,5-8,11-12,17-18,23-24,29-30,36,38-42,44-46,48-72H2,1-4H3,(H,85,86)(H,87,88)/b13-9-,14-10-,19-15-,20-16-,25-21-,26-22-,31-27-,32-28-,35-33-,37-34-,47-43-. The third-order valence-corrected chi connectivity index (χ3v) is 16.9. The average Bonchev–Trinajstić information content (AvgIpc) is 0.971. The Kier molecular flexibility index (Phi) is 67.2. The molecule has 19 heteroatoms. The summed E-state index contributed by atoms with van der Waals surface area (Å²) in [5.74, 6) is -2.27. The van der Waals surface area contributed by atoms with E-state index in [0.29, 0.717) is 25.7 Å². The molecule has 0 aliphatic rings. The van der Waals surface area contributed by atoms with Crippen LogP contribution in [0.2, 0.25) is 0 Å². The first-order chi connectivity index (χ1) is 47.7. The maximum atomic E-state index is 13.1. The van der Waals surface area contributed by atoms with Crippen molar-refractivity contribution in [1.82, 2.24) is 0 Å². The van der Waals surface area contributed by atoms with Crippen molar-refractivity contribution in [2.24, 2.45) is 0 Å². The molecule has 0 spiro atoms. The van der Waals surface area contributed by atoms with Gasteiger partial charge in [0.05, 0.1) is 26.4 Å². The minimum Gasteiger partial charge on any atom is -0.462 e. The van der Waals surface area contributed by atoms with Crippen LogP contribution in [-0.2, 0) is 65.4 Å². The van der Waals surface area contributed by atoms with E-state index in [1.54, 1.807) is 0 Å². The van der Waals surface area contributed by atoms with E-state index >= 15 is 0 Å². The molecule has 0 saturated carbocycles. The highest BCUT2D eigenvalue weighted by molar-refractivity contribution is 7.47. The van der Waals surface area contributed by atoms with E-state index in [0.717, 1.165) is 205 Å². The molecule has 0 aromatic carbocycles. The van der Waals surface area contributed by atoms with Crippen LogP contribution in [0.15, 0.2) is 134 Å². The van der Waals surface area contributed by atoms with Gasteiger partial charge in [-0.25, -0.2) is 9.13 Å². The van der Waals surface area contributed by atoms with Gasteiger partial charge < -0.3 is 33.8 Å². The van der Waals surface area contributed by atoms with E-state index < -0.39 is 97.5 Å². The lowest BCUT2D eigenvalue weighted by Gasteiger charge is -2.21. The second-order valence-electron chi connectivity index (χ2n) is 24.5. The van der Waals surface area contributed by atoms with Gasteiger partial charge in [-0.1, -0.05) is 245 Å². The maximum absolute atomic E-state index is 13.1. The first-order valence-corrected chi connectivity index (χ1v) is 40.4. The molecule has 0 amide bonds. The van der Waals surface area contributed by atoms with Gasteiger partial charge in [-0.2, -0.15) is 0 Å². The lowest BCUT2D eigenvalue weighted by atomic mass is 10.1. The molecule has 0 bridgehead atoms. The van der Waals surface area contributed by atoms with Crippen LogP contribution in [0.1, 0.15) is 285 Å². The summed E-state index contributed by atoms with van der Waals surface area (Å²) in [6.07, 6.45) is 77.4. The lowest BCUT2D eigenvalue weighted by Crippen LogP contribution is -2.30. The number of phosphoric acid groups is 2. The zero-order valence-corrected chi connectivity index (χ0v) is 62.7. The van der Waals surface area contributed by atoms with Crippen LogP contribution < -0.4 is 0 Å². The van der Waals surface area contributed by atoms with Crippen molar-refractivity contribution in [2.75, 3.05) is 39.6 Å². The average molecular weight is 1420 g/mol. The molecule has 98 heavy (non-hydrogen) atoms. The minimum absolute atomic E-state index is 0.0661. The number of aliphatic hydroxyl groups excluding tert-OH is 1. The Labute approximate surface area is 593 Å². The predicted molar refractivity (Wildman–Crippen MR) is 399 cm³/mol. The summed E-state index contributed by atoms with van der Waals surface area (Å²) in [4.78, 5) is 72.8. The van der Waals surface area contributed by atoms with Crippen molar-refractivity contribution in [3.05, 3.63) is 134 Å². The van der Waals surface area contributed by atoms with Gasteiger partial charge in [0, 0.05) is 25.7 Å². The van der Waals surface area contributed by atoms with Crippen LogP contribution in [0, 0.1) is 0 Å². The summed E-state index contributed by atoms with van der Waals surface area (Å²) in [7, 11) is -9.97. The van der Waals surface area contributed by atoms with Gasteiger partial charge >= 0.3 is 39.5 Å². The molecule has 17 nitrogen and oxygen atoms in total. The van der Waals surface area contributed by atoms with E-state index in [-0.39, 0.29) is 25.7 Å². The second kappa shape index (κ2) is 70.6. The fourth-order valence-electron chi connectivity index (χ4n) is 9.42. The van der Waals surface area contributed by atoms with E-state index in [1.165, 1.54) is 0 Å². The number of aliphatic hydroxyl groups is 1. The zero-order valence-electron chi connectivity index (χ0n) is 60.9. The SMILES string of the molecule is CC/C=C\C/C=C\C/C=C\C/C=C\CCCCC(=O)OCC(COP(=O)(O)OCC(O)COP(=O)(O)OCC(COC(=O)CCCCCCCCC/C=C\C/C=C\C/C=C\CC)OC(=O)CCCCCCC/C=C\C/C=C\CCC)OC(=O)CCCCCCC/C=C\C/C=C\CCC. The van der Waals surface area contributed by atoms with Crippen LogP contribution in [0.25, 0.3) is 0 Å². The van der Waals surface area contributed by atoms with Gasteiger partial charge in [0.25, 0.3) is 0 Å². The molecule has 3 N–H and O–H groups in total. The zero-order chi connectivity index (χ0) is 71.8. The number of rotatable bonds is 69. The molecule has 0 aromatic heterocycles. The van der Waals surface area contributed by atoms with Crippen LogP contribution in [0.3, 0.4) is 0 Å². The third-order valence-electron chi connectivity index (χ3n) is 15.0. The summed E-state index contributed by atoms with van der Waals surface area (Å²) < 4.78 is 68.4. The molecule has 0 aromatic rings. The molecule has 0 heterocycles. The Balaban J connectivity index is 5.39. The van der Waals surface area contributed by atoms with Gasteiger partial charge in [-0.3, -0.25) is 37.3 Å². The number of esters is 4. The van der Waals surface area contributed by atoms with Gasteiger partial charge in [0.1, 0.15) is 19.3 Å². The first kappa shape index (κ1) is 93.2. The second-order valence-corrected chi connectivity index (χ2v) is 27.4. The summed E-state index contributed by atoms with van der Waals surface area (Å²) in [5, 5.41) is 10.6. The number of ether oxygens (including phenoxy) is 4. The molecule has 560 valence electrons. The van der Waals surface area contributed by atoms with Gasteiger partial charge in [0.2, 0.25) is 0 Å². The summed E-state index contributed by atoms with van der Waals surface area (Å²) in [6.45, 7) is 4.41. The molecule has 0 fully saturated rings. The molecule has 0 radical (unpaired) electrons. The topological polar surface area (TPSA) is 237 Å². The predicted octanol–water partition coefficient (Wildman–Crippen LogP) is 21.3. The fraction of sp³-hybridized carbons (Fsp3) is 0.671. The maximum Gasteiger partial charge on any atom is 0.472 e. The summed E-state index contributed by atoms with van der Waals surface area (Å²) in [5.41, 5.74) is 0. The quantitative estimate of drug-likeness (QED) is 0.0169. The number of hydrogen-bond donors (Lipinski definition) is 3. The lowest BCUT2D eigenvalue weighted by molar-refractivity contribution is -0.161. The van der Waals surface area contributed by atoms with E-state index in [1.807, 2.05) is 0 Å². The fourth-order valence-corrected chi connectivity index (χ4v) is 11.0. The Morgan fingerprint density at radius 1 is 0.296 bits per heavy atom. The van der Waals surface area contributed by atoms with Crippen molar-refractivity contribution in [1.29, 1.82) is 0 Å². The number of phosphoric ester groups is 2. The molecular formula is C79H132O17P2. The Bertz CT molecular complexity index is 2380. The molecule has 0 saturated heterocycles. The van der Waals surface area contributed by atoms with Gasteiger partial charge in [0.15, 0.2) is 12.2 Å².